The molecule has 132 valence electrons. The van der Waals surface area contributed by atoms with Crippen LogP contribution in [0.15, 0.2) is 29.1 Å². The van der Waals surface area contributed by atoms with E-state index in [-0.39, 0.29) is 18.7 Å². The SMILES string of the molecule is CCOC(=O)/C=c1\s/c(=C\c2cccc(C)c2)c(=O)n1CC(=O)OC. The van der Waals surface area contributed by atoms with Crippen LogP contribution in [0.3, 0.4) is 0 Å². The van der Waals surface area contributed by atoms with E-state index in [0.717, 1.165) is 22.5 Å². The number of benzene rings is 1. The summed E-state index contributed by atoms with van der Waals surface area (Å²) in [5.74, 6) is -1.13. The highest BCUT2D eigenvalue weighted by atomic mass is 32.1. The number of esters is 2. The number of hydrogen-bond acceptors (Lipinski definition) is 6. The van der Waals surface area contributed by atoms with Crippen molar-refractivity contribution in [1.29, 1.82) is 0 Å². The quantitative estimate of drug-likeness (QED) is 0.728. The molecule has 0 atom stereocenters. The molecular weight excluding hydrogens is 342 g/mol. The number of methoxy groups -OCH3 is 1. The maximum Gasteiger partial charge on any atom is 0.333 e. The lowest BCUT2D eigenvalue weighted by Crippen LogP contribution is -2.34. The number of ether oxygens (including phenoxy) is 2. The summed E-state index contributed by atoms with van der Waals surface area (Å²) in [5, 5.41) is 0. The zero-order valence-electron chi connectivity index (χ0n) is 14.3. The van der Waals surface area contributed by atoms with E-state index in [1.807, 2.05) is 31.2 Å². The van der Waals surface area contributed by atoms with Crippen molar-refractivity contribution in [1.82, 2.24) is 4.57 Å². The van der Waals surface area contributed by atoms with Crippen molar-refractivity contribution in [3.8, 4) is 0 Å². The first-order valence-corrected chi connectivity index (χ1v) is 8.49. The second-order valence-electron chi connectivity index (χ2n) is 5.23. The van der Waals surface area contributed by atoms with E-state index in [0.29, 0.717) is 9.20 Å². The summed E-state index contributed by atoms with van der Waals surface area (Å²) in [6, 6.07) is 7.68. The number of aromatic nitrogens is 1. The van der Waals surface area contributed by atoms with Crippen LogP contribution < -0.4 is 14.8 Å². The minimum atomic E-state index is -0.569. The Balaban J connectivity index is 2.61. The van der Waals surface area contributed by atoms with Crippen LogP contribution in [0, 0.1) is 6.92 Å². The van der Waals surface area contributed by atoms with Crippen LogP contribution in [0.4, 0.5) is 0 Å². The standard InChI is InChI=1S/C18H19NO5S/c1-4-24-16(20)10-15-19(11-17(21)23-3)18(22)14(25-15)9-13-7-5-6-12(2)8-13/h5-10H,4,11H2,1-3H3/b14-9-,15-10-. The molecule has 6 nitrogen and oxygen atoms in total. The fourth-order valence-corrected chi connectivity index (χ4v) is 3.21. The van der Waals surface area contributed by atoms with Gasteiger partial charge in [0.15, 0.2) is 0 Å². The zero-order chi connectivity index (χ0) is 18.4. The average Bonchev–Trinajstić information content (AvgIpc) is 2.83. The number of carbonyl (C=O) groups is 2. The van der Waals surface area contributed by atoms with Gasteiger partial charge in [0.05, 0.1) is 24.3 Å². The van der Waals surface area contributed by atoms with Crippen LogP contribution in [0.2, 0.25) is 0 Å². The number of aryl methyl sites for hydroxylation is 1. The molecule has 0 saturated heterocycles. The van der Waals surface area contributed by atoms with Gasteiger partial charge >= 0.3 is 11.9 Å². The molecule has 1 aromatic carbocycles. The predicted molar refractivity (Wildman–Crippen MR) is 95.7 cm³/mol. The Hall–Kier alpha value is -2.67. The summed E-state index contributed by atoms with van der Waals surface area (Å²) in [6.45, 7) is 3.61. The molecule has 1 heterocycles. The van der Waals surface area contributed by atoms with Gasteiger partial charge in [-0.2, -0.15) is 0 Å². The van der Waals surface area contributed by atoms with Crippen molar-refractivity contribution in [2.45, 2.75) is 20.4 Å². The Morgan fingerprint density at radius 2 is 2.08 bits per heavy atom. The van der Waals surface area contributed by atoms with E-state index in [1.54, 1.807) is 13.0 Å². The van der Waals surface area contributed by atoms with E-state index < -0.39 is 11.9 Å². The summed E-state index contributed by atoms with van der Waals surface area (Å²) in [4.78, 5) is 36.0. The molecule has 7 heteroatoms. The zero-order valence-corrected chi connectivity index (χ0v) is 15.1. The van der Waals surface area contributed by atoms with Crippen molar-refractivity contribution in [3.05, 3.63) is 54.9 Å². The number of nitrogens with zero attached hydrogens (tertiary/aromatic N) is 1. The summed E-state index contributed by atoms with van der Waals surface area (Å²) >= 11 is 1.12. The first-order chi connectivity index (χ1) is 11.9. The summed E-state index contributed by atoms with van der Waals surface area (Å²) in [6.07, 6.45) is 2.95. The van der Waals surface area contributed by atoms with Gasteiger partial charge in [-0.05, 0) is 25.5 Å². The highest BCUT2D eigenvalue weighted by molar-refractivity contribution is 7.07. The fraction of sp³-hybridized carbons (Fsp3) is 0.278. The molecule has 0 bridgehead atoms. The van der Waals surface area contributed by atoms with E-state index in [4.69, 9.17) is 4.74 Å². The van der Waals surface area contributed by atoms with Crippen molar-refractivity contribution in [3.63, 3.8) is 0 Å². The van der Waals surface area contributed by atoms with E-state index in [2.05, 4.69) is 4.74 Å². The second kappa shape index (κ2) is 8.43. The van der Waals surface area contributed by atoms with Gasteiger partial charge in [-0.25, -0.2) is 4.79 Å². The molecule has 2 aromatic rings. The third-order valence-electron chi connectivity index (χ3n) is 3.32. The molecule has 0 aliphatic carbocycles. The molecule has 1 aromatic heterocycles. The molecule has 0 spiro atoms. The van der Waals surface area contributed by atoms with Gasteiger partial charge in [-0.15, -0.1) is 11.3 Å². The Kier molecular flexibility index (Phi) is 6.30. The molecule has 0 N–H and O–H groups in total. The van der Waals surface area contributed by atoms with E-state index in [9.17, 15) is 14.4 Å². The number of rotatable bonds is 5. The molecular formula is C18H19NO5S. The van der Waals surface area contributed by atoms with Crippen molar-refractivity contribution in [2.75, 3.05) is 13.7 Å². The summed E-state index contributed by atoms with van der Waals surface area (Å²) < 4.78 is 11.5. The van der Waals surface area contributed by atoms with Crippen molar-refractivity contribution < 1.29 is 19.1 Å². The normalized spacial score (nSPS) is 12.3. The first-order valence-electron chi connectivity index (χ1n) is 7.68. The first kappa shape index (κ1) is 18.7. The van der Waals surface area contributed by atoms with Gasteiger partial charge in [0.1, 0.15) is 11.2 Å². The van der Waals surface area contributed by atoms with Gasteiger partial charge in [0, 0.05) is 0 Å². The Labute approximate surface area is 148 Å². The Bertz CT molecular complexity index is 955. The van der Waals surface area contributed by atoms with Crippen LogP contribution >= 0.6 is 11.3 Å². The van der Waals surface area contributed by atoms with E-state index in [1.165, 1.54) is 17.8 Å². The van der Waals surface area contributed by atoms with Crippen LogP contribution in [0.1, 0.15) is 18.1 Å². The van der Waals surface area contributed by atoms with Crippen LogP contribution in [0.25, 0.3) is 12.2 Å². The van der Waals surface area contributed by atoms with Crippen molar-refractivity contribution >= 4 is 35.4 Å². The van der Waals surface area contributed by atoms with Crippen molar-refractivity contribution in [2.24, 2.45) is 0 Å². The Morgan fingerprint density at radius 3 is 2.72 bits per heavy atom. The number of carbonyl (C=O) groups excluding carboxylic acids is 2. The number of hydrogen-bond donors (Lipinski definition) is 0. The van der Waals surface area contributed by atoms with Crippen LogP contribution in [0.5, 0.6) is 0 Å². The Morgan fingerprint density at radius 1 is 1.32 bits per heavy atom. The molecule has 2 rings (SSSR count). The van der Waals surface area contributed by atoms with Gasteiger partial charge in [-0.3, -0.25) is 14.2 Å². The third-order valence-corrected chi connectivity index (χ3v) is 4.38. The highest BCUT2D eigenvalue weighted by Gasteiger charge is 2.11. The maximum absolute atomic E-state index is 12.6. The largest absolute Gasteiger partial charge is 0.468 e. The summed E-state index contributed by atoms with van der Waals surface area (Å²) in [7, 11) is 1.24. The topological polar surface area (TPSA) is 74.6 Å². The molecule has 0 fully saturated rings. The molecule has 0 amide bonds. The van der Waals surface area contributed by atoms with Gasteiger partial charge in [-0.1, -0.05) is 29.8 Å². The highest BCUT2D eigenvalue weighted by Crippen LogP contribution is 2.04. The molecule has 0 aliphatic rings. The second-order valence-corrected chi connectivity index (χ2v) is 6.29. The van der Waals surface area contributed by atoms with Gasteiger partial charge in [0.2, 0.25) is 0 Å². The predicted octanol–water partition coefficient (Wildman–Crippen LogP) is 0.564. The molecule has 0 saturated carbocycles. The average molecular weight is 361 g/mol. The van der Waals surface area contributed by atoms with Gasteiger partial charge in [0.25, 0.3) is 5.56 Å². The lowest BCUT2D eigenvalue weighted by molar-refractivity contribution is -0.141. The third kappa shape index (κ3) is 4.90. The monoisotopic (exact) mass is 361 g/mol. The van der Waals surface area contributed by atoms with E-state index >= 15 is 0 Å². The van der Waals surface area contributed by atoms with Crippen LogP contribution in [-0.4, -0.2) is 30.2 Å². The molecule has 0 radical (unpaired) electrons. The fourth-order valence-electron chi connectivity index (χ4n) is 2.18. The van der Waals surface area contributed by atoms with Crippen LogP contribution in [-0.2, 0) is 25.6 Å². The molecule has 25 heavy (non-hydrogen) atoms. The molecule has 0 aliphatic heterocycles. The van der Waals surface area contributed by atoms with Gasteiger partial charge < -0.3 is 9.47 Å². The minimum Gasteiger partial charge on any atom is -0.468 e. The lowest BCUT2D eigenvalue weighted by Gasteiger charge is -2.00. The smallest absolute Gasteiger partial charge is 0.333 e. The number of thiazole rings is 1. The lowest BCUT2D eigenvalue weighted by atomic mass is 10.1. The minimum absolute atomic E-state index is 0.226. The molecule has 0 unspecified atom stereocenters. The summed E-state index contributed by atoms with van der Waals surface area (Å²) in [5.41, 5.74) is 1.58. The maximum atomic E-state index is 12.6.